The standard InChI is InChI=1S/C13H17ClN2O/c1-3-13(17)16-8(2)6-11(15)10-5-4-9(14)7-12(10)16/h4-5,7-8,11H,3,6,15H2,1-2H3/t8-,11+/m0/s1. The van der Waals surface area contributed by atoms with Gasteiger partial charge < -0.3 is 10.6 Å². The van der Waals surface area contributed by atoms with Crippen molar-refractivity contribution in [3.8, 4) is 0 Å². The number of carbonyl (C=O) groups is 1. The molecule has 1 aliphatic heterocycles. The first kappa shape index (κ1) is 12.4. The Morgan fingerprint density at radius 2 is 2.29 bits per heavy atom. The highest BCUT2D eigenvalue weighted by Gasteiger charge is 2.31. The van der Waals surface area contributed by atoms with E-state index in [1.54, 1.807) is 0 Å². The molecule has 1 amide bonds. The summed E-state index contributed by atoms with van der Waals surface area (Å²) in [6.45, 7) is 3.89. The van der Waals surface area contributed by atoms with E-state index < -0.39 is 0 Å². The molecule has 0 aliphatic carbocycles. The zero-order chi connectivity index (χ0) is 12.6. The molecule has 1 heterocycles. The van der Waals surface area contributed by atoms with Crippen molar-refractivity contribution >= 4 is 23.2 Å². The van der Waals surface area contributed by atoms with Crippen molar-refractivity contribution in [2.24, 2.45) is 5.73 Å². The van der Waals surface area contributed by atoms with E-state index in [1.165, 1.54) is 0 Å². The minimum absolute atomic E-state index is 0.0156. The lowest BCUT2D eigenvalue weighted by Gasteiger charge is -2.38. The molecule has 17 heavy (non-hydrogen) atoms. The molecule has 3 nitrogen and oxygen atoms in total. The summed E-state index contributed by atoms with van der Waals surface area (Å²) in [5, 5.41) is 0.638. The Morgan fingerprint density at radius 1 is 1.59 bits per heavy atom. The highest BCUT2D eigenvalue weighted by Crippen LogP contribution is 2.37. The Morgan fingerprint density at radius 3 is 2.94 bits per heavy atom. The predicted octanol–water partition coefficient (Wildman–Crippen LogP) is 2.88. The first-order valence-corrected chi connectivity index (χ1v) is 6.29. The Hall–Kier alpha value is -1.06. The maximum atomic E-state index is 12.0. The Kier molecular flexibility index (Phi) is 3.40. The Bertz CT molecular complexity index is 447. The minimum Gasteiger partial charge on any atom is -0.324 e. The van der Waals surface area contributed by atoms with E-state index in [4.69, 9.17) is 17.3 Å². The molecule has 0 spiro atoms. The van der Waals surface area contributed by atoms with Gasteiger partial charge in [-0.25, -0.2) is 0 Å². The fraction of sp³-hybridized carbons (Fsp3) is 0.462. The van der Waals surface area contributed by atoms with Gasteiger partial charge in [-0.2, -0.15) is 0 Å². The molecule has 4 heteroatoms. The van der Waals surface area contributed by atoms with Gasteiger partial charge in [-0.05, 0) is 31.0 Å². The molecule has 0 fully saturated rings. The van der Waals surface area contributed by atoms with E-state index in [0.29, 0.717) is 11.4 Å². The summed E-state index contributed by atoms with van der Waals surface area (Å²) in [5.74, 6) is 0.118. The number of nitrogens with zero attached hydrogens (tertiary/aromatic N) is 1. The van der Waals surface area contributed by atoms with Crippen molar-refractivity contribution in [2.75, 3.05) is 4.90 Å². The van der Waals surface area contributed by atoms with Crippen molar-refractivity contribution in [2.45, 2.75) is 38.8 Å². The molecule has 2 atom stereocenters. The molecule has 0 bridgehead atoms. The molecular formula is C13H17ClN2O. The van der Waals surface area contributed by atoms with E-state index in [-0.39, 0.29) is 18.0 Å². The summed E-state index contributed by atoms with van der Waals surface area (Å²) >= 11 is 6.01. The van der Waals surface area contributed by atoms with Crippen LogP contribution in [0.4, 0.5) is 5.69 Å². The number of nitrogens with two attached hydrogens (primary N) is 1. The van der Waals surface area contributed by atoms with E-state index in [0.717, 1.165) is 17.7 Å². The van der Waals surface area contributed by atoms with Gasteiger partial charge in [0.05, 0.1) is 5.69 Å². The fourth-order valence-electron chi connectivity index (χ4n) is 2.43. The van der Waals surface area contributed by atoms with Gasteiger partial charge in [0, 0.05) is 23.5 Å². The molecule has 0 aromatic heterocycles. The topological polar surface area (TPSA) is 46.3 Å². The van der Waals surface area contributed by atoms with Crippen LogP contribution < -0.4 is 10.6 Å². The van der Waals surface area contributed by atoms with Gasteiger partial charge in [0.2, 0.25) is 5.91 Å². The van der Waals surface area contributed by atoms with Gasteiger partial charge in [-0.3, -0.25) is 4.79 Å². The van der Waals surface area contributed by atoms with Crippen LogP contribution in [0, 0.1) is 0 Å². The third kappa shape index (κ3) is 2.17. The molecule has 1 aliphatic rings. The summed E-state index contributed by atoms with van der Waals surface area (Å²) in [6.07, 6.45) is 1.28. The molecule has 1 aromatic rings. The second kappa shape index (κ2) is 4.67. The van der Waals surface area contributed by atoms with Crippen LogP contribution in [0.1, 0.15) is 38.3 Å². The summed E-state index contributed by atoms with van der Waals surface area (Å²) in [4.78, 5) is 13.8. The highest BCUT2D eigenvalue weighted by molar-refractivity contribution is 6.31. The first-order valence-electron chi connectivity index (χ1n) is 5.91. The third-order valence-electron chi connectivity index (χ3n) is 3.26. The van der Waals surface area contributed by atoms with Crippen LogP contribution in [-0.2, 0) is 4.79 Å². The molecule has 0 unspecified atom stereocenters. The monoisotopic (exact) mass is 252 g/mol. The van der Waals surface area contributed by atoms with E-state index >= 15 is 0 Å². The summed E-state index contributed by atoms with van der Waals surface area (Å²) in [7, 11) is 0. The number of benzene rings is 1. The Labute approximate surface area is 107 Å². The predicted molar refractivity (Wildman–Crippen MR) is 70.2 cm³/mol. The van der Waals surface area contributed by atoms with Crippen molar-refractivity contribution in [3.05, 3.63) is 28.8 Å². The lowest BCUT2D eigenvalue weighted by Crippen LogP contribution is -2.44. The summed E-state index contributed by atoms with van der Waals surface area (Å²) in [6, 6.07) is 5.69. The van der Waals surface area contributed by atoms with E-state index in [2.05, 4.69) is 0 Å². The molecular weight excluding hydrogens is 236 g/mol. The van der Waals surface area contributed by atoms with E-state index in [1.807, 2.05) is 36.9 Å². The molecule has 2 rings (SSSR count). The number of amides is 1. The highest BCUT2D eigenvalue weighted by atomic mass is 35.5. The maximum Gasteiger partial charge on any atom is 0.226 e. The van der Waals surface area contributed by atoms with Gasteiger partial charge >= 0.3 is 0 Å². The summed E-state index contributed by atoms with van der Waals surface area (Å²) in [5.41, 5.74) is 7.99. The van der Waals surface area contributed by atoms with Gasteiger partial charge in [0.1, 0.15) is 0 Å². The molecule has 92 valence electrons. The minimum atomic E-state index is -0.0156. The zero-order valence-electron chi connectivity index (χ0n) is 10.1. The quantitative estimate of drug-likeness (QED) is 0.835. The van der Waals surface area contributed by atoms with Crippen LogP contribution in [0.3, 0.4) is 0 Å². The van der Waals surface area contributed by atoms with E-state index in [9.17, 15) is 4.79 Å². The van der Waals surface area contributed by atoms with Crippen LogP contribution in [0.2, 0.25) is 5.02 Å². The Balaban J connectivity index is 2.52. The number of halogens is 1. The molecule has 0 radical (unpaired) electrons. The van der Waals surface area contributed by atoms with Crippen LogP contribution >= 0.6 is 11.6 Å². The molecule has 2 N–H and O–H groups in total. The first-order chi connectivity index (χ1) is 8.04. The van der Waals surface area contributed by atoms with Crippen LogP contribution in [-0.4, -0.2) is 11.9 Å². The number of carbonyl (C=O) groups excluding carboxylic acids is 1. The van der Waals surface area contributed by atoms with Crippen molar-refractivity contribution < 1.29 is 4.79 Å². The number of rotatable bonds is 1. The second-order valence-electron chi connectivity index (χ2n) is 4.51. The molecule has 0 saturated carbocycles. The van der Waals surface area contributed by atoms with Crippen molar-refractivity contribution in [3.63, 3.8) is 0 Å². The normalized spacial score (nSPS) is 23.4. The fourth-order valence-corrected chi connectivity index (χ4v) is 2.59. The molecule has 0 saturated heterocycles. The number of hydrogen-bond donors (Lipinski definition) is 1. The lowest BCUT2D eigenvalue weighted by atomic mass is 9.92. The van der Waals surface area contributed by atoms with Gasteiger partial charge in [-0.15, -0.1) is 0 Å². The van der Waals surface area contributed by atoms with Crippen LogP contribution in [0.15, 0.2) is 18.2 Å². The number of fused-ring (bicyclic) bond motifs is 1. The van der Waals surface area contributed by atoms with Crippen molar-refractivity contribution in [1.82, 2.24) is 0 Å². The van der Waals surface area contributed by atoms with Gasteiger partial charge in [-0.1, -0.05) is 24.6 Å². The third-order valence-corrected chi connectivity index (χ3v) is 3.49. The average Bonchev–Trinajstić information content (AvgIpc) is 2.28. The number of hydrogen-bond acceptors (Lipinski definition) is 2. The zero-order valence-corrected chi connectivity index (χ0v) is 10.9. The smallest absolute Gasteiger partial charge is 0.226 e. The van der Waals surface area contributed by atoms with Gasteiger partial charge in [0.15, 0.2) is 0 Å². The summed E-state index contributed by atoms with van der Waals surface area (Å²) < 4.78 is 0. The van der Waals surface area contributed by atoms with Gasteiger partial charge in [0.25, 0.3) is 0 Å². The lowest BCUT2D eigenvalue weighted by molar-refractivity contribution is -0.118. The second-order valence-corrected chi connectivity index (χ2v) is 4.95. The SMILES string of the molecule is CCC(=O)N1c2cc(Cl)ccc2[C@H](N)C[C@@H]1C. The number of anilines is 1. The average molecular weight is 253 g/mol. The van der Waals surface area contributed by atoms with Crippen molar-refractivity contribution in [1.29, 1.82) is 0 Å². The van der Waals surface area contributed by atoms with Crippen LogP contribution in [0.25, 0.3) is 0 Å². The van der Waals surface area contributed by atoms with Crippen LogP contribution in [0.5, 0.6) is 0 Å². The molecule has 1 aromatic carbocycles. The maximum absolute atomic E-state index is 12.0. The largest absolute Gasteiger partial charge is 0.324 e.